The van der Waals surface area contributed by atoms with Crippen LogP contribution in [0.1, 0.15) is 10.5 Å². The van der Waals surface area contributed by atoms with Crippen molar-refractivity contribution in [3.63, 3.8) is 0 Å². The SMILES string of the molecule is O=C(Nc1ccc2c(c1)OCO2)c1cn[nH]n1. The van der Waals surface area contributed by atoms with Crippen molar-refractivity contribution in [3.8, 4) is 11.5 Å². The molecule has 0 radical (unpaired) electrons. The lowest BCUT2D eigenvalue weighted by atomic mass is 10.2. The molecule has 0 saturated heterocycles. The lowest BCUT2D eigenvalue weighted by Crippen LogP contribution is -2.12. The Morgan fingerprint density at radius 3 is 3.06 bits per heavy atom. The zero-order chi connectivity index (χ0) is 11.7. The molecule has 1 aromatic carbocycles. The number of rotatable bonds is 2. The summed E-state index contributed by atoms with van der Waals surface area (Å²) in [7, 11) is 0. The van der Waals surface area contributed by atoms with Gasteiger partial charge in [0.1, 0.15) is 0 Å². The average molecular weight is 232 g/mol. The van der Waals surface area contributed by atoms with Crippen molar-refractivity contribution >= 4 is 11.6 Å². The number of nitrogens with one attached hydrogen (secondary N) is 2. The summed E-state index contributed by atoms with van der Waals surface area (Å²) < 4.78 is 10.4. The first-order valence-corrected chi connectivity index (χ1v) is 4.90. The van der Waals surface area contributed by atoms with Gasteiger partial charge < -0.3 is 14.8 Å². The van der Waals surface area contributed by atoms with Gasteiger partial charge in [0.2, 0.25) is 6.79 Å². The summed E-state index contributed by atoms with van der Waals surface area (Å²) in [6.45, 7) is 0.204. The highest BCUT2D eigenvalue weighted by Gasteiger charge is 2.15. The fourth-order valence-electron chi connectivity index (χ4n) is 1.48. The first-order chi connectivity index (χ1) is 8.33. The van der Waals surface area contributed by atoms with E-state index in [2.05, 4.69) is 20.7 Å². The van der Waals surface area contributed by atoms with Gasteiger partial charge in [-0.1, -0.05) is 0 Å². The van der Waals surface area contributed by atoms with Crippen LogP contribution in [0.2, 0.25) is 0 Å². The van der Waals surface area contributed by atoms with Gasteiger partial charge in [0.15, 0.2) is 17.2 Å². The van der Waals surface area contributed by atoms with Gasteiger partial charge in [-0.25, -0.2) is 0 Å². The molecule has 3 rings (SSSR count). The quantitative estimate of drug-likeness (QED) is 0.798. The van der Waals surface area contributed by atoms with E-state index in [4.69, 9.17) is 9.47 Å². The zero-order valence-corrected chi connectivity index (χ0v) is 8.64. The van der Waals surface area contributed by atoms with Crippen LogP contribution in [0.3, 0.4) is 0 Å². The van der Waals surface area contributed by atoms with Gasteiger partial charge >= 0.3 is 0 Å². The Kier molecular flexibility index (Phi) is 2.14. The molecule has 0 atom stereocenters. The molecule has 0 fully saturated rings. The van der Waals surface area contributed by atoms with Gasteiger partial charge in [-0.05, 0) is 12.1 Å². The molecule has 1 aliphatic heterocycles. The van der Waals surface area contributed by atoms with Crippen molar-refractivity contribution in [3.05, 3.63) is 30.1 Å². The number of anilines is 1. The van der Waals surface area contributed by atoms with E-state index < -0.39 is 0 Å². The predicted octanol–water partition coefficient (Wildman–Crippen LogP) is 0.786. The zero-order valence-electron chi connectivity index (χ0n) is 8.64. The van der Waals surface area contributed by atoms with E-state index in [0.717, 1.165) is 0 Å². The topological polar surface area (TPSA) is 89.1 Å². The molecule has 7 heteroatoms. The van der Waals surface area contributed by atoms with Crippen molar-refractivity contribution in [1.29, 1.82) is 0 Å². The maximum Gasteiger partial charge on any atom is 0.277 e. The van der Waals surface area contributed by atoms with E-state index >= 15 is 0 Å². The van der Waals surface area contributed by atoms with Gasteiger partial charge in [0.25, 0.3) is 5.91 Å². The molecular formula is C10H8N4O3. The maximum absolute atomic E-state index is 11.7. The molecule has 0 saturated carbocycles. The summed E-state index contributed by atoms with van der Waals surface area (Å²) in [5, 5.41) is 12.3. The van der Waals surface area contributed by atoms with Crippen LogP contribution < -0.4 is 14.8 Å². The standard InChI is InChI=1S/C10H8N4O3/c15-10(7-4-11-14-13-7)12-6-1-2-8-9(3-6)17-5-16-8/h1-4H,5H2,(H,12,15)(H,11,13,14). The minimum atomic E-state index is -0.336. The molecule has 2 heterocycles. The molecule has 1 aromatic heterocycles. The van der Waals surface area contributed by atoms with Crippen LogP contribution in [0.25, 0.3) is 0 Å². The van der Waals surface area contributed by atoms with Gasteiger partial charge in [-0.15, -0.1) is 0 Å². The third kappa shape index (κ3) is 1.78. The van der Waals surface area contributed by atoms with E-state index in [1.807, 2.05) is 0 Å². The summed E-state index contributed by atoms with van der Waals surface area (Å²) in [4.78, 5) is 11.7. The smallest absolute Gasteiger partial charge is 0.277 e. The first-order valence-electron chi connectivity index (χ1n) is 4.90. The second kappa shape index (κ2) is 3.78. The minimum Gasteiger partial charge on any atom is -0.454 e. The maximum atomic E-state index is 11.7. The summed E-state index contributed by atoms with van der Waals surface area (Å²) in [5.41, 5.74) is 0.838. The van der Waals surface area contributed by atoms with Crippen molar-refractivity contribution < 1.29 is 14.3 Å². The summed E-state index contributed by atoms with van der Waals surface area (Å²) >= 11 is 0. The number of nitrogens with zero attached hydrogens (tertiary/aromatic N) is 2. The van der Waals surface area contributed by atoms with Crippen LogP contribution in [0.5, 0.6) is 11.5 Å². The molecule has 0 aliphatic carbocycles. The Labute approximate surface area is 95.7 Å². The molecule has 7 nitrogen and oxygen atoms in total. The van der Waals surface area contributed by atoms with Gasteiger partial charge in [0.05, 0.1) is 6.20 Å². The molecule has 1 amide bonds. The molecule has 86 valence electrons. The molecule has 0 unspecified atom stereocenters. The molecule has 17 heavy (non-hydrogen) atoms. The van der Waals surface area contributed by atoms with Crippen LogP contribution in [0.15, 0.2) is 24.4 Å². The Hall–Kier alpha value is -2.57. The highest BCUT2D eigenvalue weighted by molar-refractivity contribution is 6.02. The van der Waals surface area contributed by atoms with Crippen LogP contribution in [-0.4, -0.2) is 28.1 Å². The van der Waals surface area contributed by atoms with Crippen molar-refractivity contribution in [2.45, 2.75) is 0 Å². The number of hydrogen-bond acceptors (Lipinski definition) is 5. The van der Waals surface area contributed by atoms with Crippen LogP contribution in [-0.2, 0) is 0 Å². The molecule has 0 bridgehead atoms. The molecule has 0 spiro atoms. The summed E-state index contributed by atoms with van der Waals surface area (Å²) in [6, 6.07) is 5.16. The van der Waals surface area contributed by atoms with Crippen molar-refractivity contribution in [2.24, 2.45) is 0 Å². The fourth-order valence-corrected chi connectivity index (χ4v) is 1.48. The summed E-state index contributed by atoms with van der Waals surface area (Å²) in [6.07, 6.45) is 1.35. The number of fused-ring (bicyclic) bond motifs is 1. The number of aromatic amines is 1. The number of carbonyl (C=O) groups is 1. The highest BCUT2D eigenvalue weighted by Crippen LogP contribution is 2.34. The molecular weight excluding hydrogens is 224 g/mol. The summed E-state index contributed by atoms with van der Waals surface area (Å²) in [5.74, 6) is 0.949. The fraction of sp³-hybridized carbons (Fsp3) is 0.100. The van der Waals surface area contributed by atoms with E-state index in [1.165, 1.54) is 6.20 Å². The van der Waals surface area contributed by atoms with E-state index in [-0.39, 0.29) is 18.4 Å². The van der Waals surface area contributed by atoms with Gasteiger partial charge in [-0.3, -0.25) is 4.79 Å². The lowest BCUT2D eigenvalue weighted by Gasteiger charge is -2.03. The van der Waals surface area contributed by atoms with E-state index in [1.54, 1.807) is 18.2 Å². The Morgan fingerprint density at radius 2 is 2.24 bits per heavy atom. The minimum absolute atomic E-state index is 0.204. The second-order valence-electron chi connectivity index (χ2n) is 3.38. The number of carbonyl (C=O) groups excluding carboxylic acids is 1. The van der Waals surface area contributed by atoms with Crippen LogP contribution in [0.4, 0.5) is 5.69 Å². The van der Waals surface area contributed by atoms with Crippen molar-refractivity contribution in [1.82, 2.24) is 15.4 Å². The number of benzene rings is 1. The largest absolute Gasteiger partial charge is 0.454 e. The number of amides is 1. The molecule has 1 aliphatic rings. The third-order valence-corrected chi connectivity index (χ3v) is 2.28. The monoisotopic (exact) mass is 232 g/mol. The normalized spacial score (nSPS) is 12.5. The third-order valence-electron chi connectivity index (χ3n) is 2.28. The average Bonchev–Trinajstić information content (AvgIpc) is 2.99. The highest BCUT2D eigenvalue weighted by atomic mass is 16.7. The Bertz CT molecular complexity index is 553. The van der Waals surface area contributed by atoms with Crippen LogP contribution >= 0.6 is 0 Å². The number of hydrogen-bond donors (Lipinski definition) is 2. The number of H-pyrrole nitrogens is 1. The molecule has 2 aromatic rings. The molecule has 2 N–H and O–H groups in total. The predicted molar refractivity (Wildman–Crippen MR) is 56.9 cm³/mol. The van der Waals surface area contributed by atoms with Gasteiger partial charge in [0, 0.05) is 11.8 Å². The Balaban J connectivity index is 1.80. The van der Waals surface area contributed by atoms with Crippen LogP contribution in [0, 0.1) is 0 Å². The van der Waals surface area contributed by atoms with E-state index in [9.17, 15) is 4.79 Å². The second-order valence-corrected chi connectivity index (χ2v) is 3.38. The number of ether oxygens (including phenoxy) is 2. The van der Waals surface area contributed by atoms with E-state index in [0.29, 0.717) is 17.2 Å². The Morgan fingerprint density at radius 1 is 1.35 bits per heavy atom. The van der Waals surface area contributed by atoms with Gasteiger partial charge in [-0.2, -0.15) is 15.4 Å². The number of aromatic nitrogens is 3. The van der Waals surface area contributed by atoms with Crippen molar-refractivity contribution in [2.75, 3.05) is 12.1 Å². The lowest BCUT2D eigenvalue weighted by molar-refractivity contribution is 0.102. The first kappa shape index (κ1) is 9.64.